The number of carbonyl (C=O) groups excluding carboxylic acids is 3. The fourth-order valence-corrected chi connectivity index (χ4v) is 10.5. The van der Waals surface area contributed by atoms with Crippen LogP contribution in [0.25, 0.3) is 0 Å². The highest BCUT2D eigenvalue weighted by Gasteiger charge is 2.72. The molecule has 2 bridgehead atoms. The van der Waals surface area contributed by atoms with Gasteiger partial charge >= 0.3 is 5.97 Å². The average Bonchev–Trinajstić information content (AvgIpc) is 3.26. The maximum Gasteiger partial charge on any atom is 0.338 e. The molecular weight excluding hydrogens is 658 g/mol. The number of hydrogen-bond acceptors (Lipinski definition) is 4. The van der Waals surface area contributed by atoms with Gasteiger partial charge in [0, 0.05) is 0 Å². The SMILES string of the molecule is CC(C)[C@H]1CC[C@@H](C)C[C@H]1OC(=O)c1cccc(N2C(=O)[C@H]3[C@H](C2=O)C2(Br)c4ccccc4C3(Br)c3ccccc32)c1. The Hall–Kier alpha value is -2.77. The number of rotatable bonds is 4. The first kappa shape index (κ1) is 28.0. The first-order valence-corrected chi connectivity index (χ1v) is 16.4. The third-order valence-corrected chi connectivity index (χ3v) is 12.8. The molecule has 5 atom stereocenters. The second kappa shape index (κ2) is 9.88. The van der Waals surface area contributed by atoms with E-state index >= 15 is 0 Å². The molecule has 0 aromatic heterocycles. The number of alkyl halides is 2. The Labute approximate surface area is 263 Å². The molecule has 0 unspecified atom stereocenters. The first-order valence-electron chi connectivity index (χ1n) is 14.8. The highest BCUT2D eigenvalue weighted by molar-refractivity contribution is 9.10. The van der Waals surface area contributed by atoms with Crippen LogP contribution in [0.1, 0.15) is 72.6 Å². The van der Waals surface area contributed by atoms with Crippen LogP contribution in [0.4, 0.5) is 5.69 Å². The third-order valence-electron chi connectivity index (χ3n) is 10.1. The lowest BCUT2D eigenvalue weighted by atomic mass is 9.54. The molecule has 1 heterocycles. The van der Waals surface area contributed by atoms with Crippen molar-refractivity contribution < 1.29 is 19.1 Å². The maximum atomic E-state index is 14.4. The van der Waals surface area contributed by atoms with Crippen LogP contribution in [-0.4, -0.2) is 23.9 Å². The molecule has 7 heteroatoms. The topological polar surface area (TPSA) is 63.7 Å². The number of amides is 2. The van der Waals surface area contributed by atoms with E-state index in [0.717, 1.165) is 41.5 Å². The van der Waals surface area contributed by atoms with Crippen molar-refractivity contribution in [3.63, 3.8) is 0 Å². The van der Waals surface area contributed by atoms with Gasteiger partial charge in [-0.3, -0.25) is 9.59 Å². The summed E-state index contributed by atoms with van der Waals surface area (Å²) in [6.45, 7) is 6.57. The fourth-order valence-electron chi connectivity index (χ4n) is 8.15. The van der Waals surface area contributed by atoms with Crippen LogP contribution in [0.3, 0.4) is 0 Å². The number of ether oxygens (including phenoxy) is 1. The lowest BCUT2D eigenvalue weighted by molar-refractivity contribution is -0.122. The highest BCUT2D eigenvalue weighted by Crippen LogP contribution is 2.70. The van der Waals surface area contributed by atoms with Gasteiger partial charge in [0.25, 0.3) is 0 Å². The average molecular weight is 691 g/mol. The van der Waals surface area contributed by atoms with Crippen LogP contribution in [0.5, 0.6) is 0 Å². The van der Waals surface area contributed by atoms with Gasteiger partial charge in [-0.1, -0.05) is 114 Å². The normalized spacial score (nSPS) is 32.9. The summed E-state index contributed by atoms with van der Waals surface area (Å²) >= 11 is 8.10. The van der Waals surface area contributed by atoms with Gasteiger partial charge < -0.3 is 4.74 Å². The second-order valence-corrected chi connectivity index (χ2v) is 15.3. The molecule has 0 radical (unpaired) electrons. The van der Waals surface area contributed by atoms with E-state index in [9.17, 15) is 14.4 Å². The van der Waals surface area contributed by atoms with Gasteiger partial charge in [0.15, 0.2) is 0 Å². The molecule has 4 aliphatic carbocycles. The van der Waals surface area contributed by atoms with E-state index in [0.29, 0.717) is 29.0 Å². The minimum atomic E-state index is -0.859. The molecule has 1 saturated carbocycles. The van der Waals surface area contributed by atoms with Gasteiger partial charge in [0.05, 0.1) is 31.7 Å². The zero-order chi connectivity index (χ0) is 29.6. The summed E-state index contributed by atoms with van der Waals surface area (Å²) in [7, 11) is 0. The van der Waals surface area contributed by atoms with E-state index in [4.69, 9.17) is 4.74 Å². The molecule has 0 N–H and O–H groups in total. The van der Waals surface area contributed by atoms with E-state index in [1.54, 1.807) is 24.3 Å². The Bertz CT molecular complexity index is 1510. The second-order valence-electron chi connectivity index (χ2n) is 12.8. The zero-order valence-corrected chi connectivity index (χ0v) is 27.0. The molecule has 216 valence electrons. The van der Waals surface area contributed by atoms with E-state index in [2.05, 4.69) is 52.6 Å². The van der Waals surface area contributed by atoms with Crippen LogP contribution in [0.2, 0.25) is 0 Å². The number of benzene rings is 3. The summed E-state index contributed by atoms with van der Waals surface area (Å²) in [5.74, 6) is -1.05. The van der Waals surface area contributed by atoms with Crippen LogP contribution in [0.15, 0.2) is 72.8 Å². The quantitative estimate of drug-likeness (QED) is 0.160. The maximum absolute atomic E-state index is 14.4. The number of anilines is 1. The molecule has 5 aliphatic rings. The molecule has 2 amide bonds. The van der Waals surface area contributed by atoms with Gasteiger partial charge in [-0.25, -0.2) is 9.69 Å². The number of hydrogen-bond donors (Lipinski definition) is 0. The molecule has 5 nitrogen and oxygen atoms in total. The van der Waals surface area contributed by atoms with Crippen LogP contribution in [-0.2, 0) is 23.0 Å². The van der Waals surface area contributed by atoms with Crippen LogP contribution >= 0.6 is 31.9 Å². The predicted octanol–water partition coefficient (Wildman–Crippen LogP) is 7.71. The number of esters is 1. The third kappa shape index (κ3) is 3.75. The van der Waals surface area contributed by atoms with E-state index < -0.39 is 26.5 Å². The smallest absolute Gasteiger partial charge is 0.338 e. The minimum Gasteiger partial charge on any atom is -0.458 e. The molecule has 42 heavy (non-hydrogen) atoms. The van der Waals surface area contributed by atoms with E-state index in [1.807, 2.05) is 48.5 Å². The van der Waals surface area contributed by atoms with E-state index in [1.165, 1.54) is 4.90 Å². The Morgan fingerprint density at radius 2 is 1.36 bits per heavy atom. The highest BCUT2D eigenvalue weighted by atomic mass is 79.9. The summed E-state index contributed by atoms with van der Waals surface area (Å²) in [6.07, 6.45) is 2.90. The molecule has 8 rings (SSSR count). The molecule has 3 aromatic rings. The zero-order valence-electron chi connectivity index (χ0n) is 23.8. The molecular formula is C35H33Br2NO4. The van der Waals surface area contributed by atoms with Gasteiger partial charge in [-0.15, -0.1) is 0 Å². The molecule has 2 fully saturated rings. The van der Waals surface area contributed by atoms with Crippen molar-refractivity contribution in [1.29, 1.82) is 0 Å². The van der Waals surface area contributed by atoms with Crippen LogP contribution in [0, 0.1) is 29.6 Å². The lowest BCUT2D eigenvalue weighted by Crippen LogP contribution is -2.56. The van der Waals surface area contributed by atoms with Crippen molar-refractivity contribution >= 4 is 55.3 Å². The van der Waals surface area contributed by atoms with Crippen LogP contribution < -0.4 is 4.90 Å². The van der Waals surface area contributed by atoms with Crippen molar-refractivity contribution in [2.75, 3.05) is 4.90 Å². The van der Waals surface area contributed by atoms with Gasteiger partial charge in [-0.2, -0.15) is 0 Å². The summed E-state index contributed by atoms with van der Waals surface area (Å²) in [5.41, 5.74) is 4.70. The minimum absolute atomic E-state index is 0.142. The number of carbonyl (C=O) groups is 3. The summed E-state index contributed by atoms with van der Waals surface area (Å²) in [4.78, 5) is 43.5. The number of nitrogens with zero attached hydrogens (tertiary/aromatic N) is 1. The van der Waals surface area contributed by atoms with Gasteiger partial charge in [0.2, 0.25) is 11.8 Å². The Kier molecular flexibility index (Phi) is 6.59. The number of imide groups is 1. The lowest BCUT2D eigenvalue weighted by Gasteiger charge is -2.55. The fraction of sp³-hybridized carbons (Fsp3) is 0.400. The van der Waals surface area contributed by atoms with Gasteiger partial charge in [-0.05, 0) is 71.0 Å². The summed E-state index contributed by atoms with van der Waals surface area (Å²) in [5, 5.41) is 0. The Balaban J connectivity index is 1.26. The van der Waals surface area contributed by atoms with Crippen molar-refractivity contribution in [2.45, 2.75) is 54.8 Å². The Morgan fingerprint density at radius 3 is 1.86 bits per heavy atom. The van der Waals surface area contributed by atoms with Gasteiger partial charge in [0.1, 0.15) is 6.10 Å². The van der Waals surface area contributed by atoms with Crippen molar-refractivity contribution in [2.24, 2.45) is 29.6 Å². The summed E-state index contributed by atoms with van der Waals surface area (Å²) < 4.78 is 4.39. The van der Waals surface area contributed by atoms with E-state index in [-0.39, 0.29) is 17.9 Å². The number of halogens is 2. The molecule has 0 spiro atoms. The first-order chi connectivity index (χ1) is 20.1. The molecule has 1 aliphatic heterocycles. The monoisotopic (exact) mass is 689 g/mol. The summed E-state index contributed by atoms with van der Waals surface area (Å²) in [6, 6.07) is 22.9. The largest absolute Gasteiger partial charge is 0.458 e. The molecule has 3 aromatic carbocycles. The van der Waals surface area contributed by atoms with Crippen molar-refractivity contribution in [1.82, 2.24) is 0 Å². The predicted molar refractivity (Wildman–Crippen MR) is 169 cm³/mol. The standard InChI is InChI=1S/C35H33Br2NO4/c1-19(2)23-16-15-20(3)17-28(23)42-33(41)21-9-8-10-22(18-21)38-31(39)29-30(32(38)40)35(37)25-12-5-4-11-24(25)34(29,36)26-13-6-7-14-27(26)35/h4-14,18-20,23,28-30H,15-17H2,1-3H3/t20-,23-,28-,29-,30-,34?,35?/m1/s1. The Morgan fingerprint density at radius 1 is 0.833 bits per heavy atom. The van der Waals surface area contributed by atoms with Crippen molar-refractivity contribution in [3.05, 3.63) is 101 Å². The van der Waals surface area contributed by atoms with Crippen molar-refractivity contribution in [3.8, 4) is 0 Å². The molecule has 1 saturated heterocycles.